The quantitative estimate of drug-likeness (QED) is 0.516. The summed E-state index contributed by atoms with van der Waals surface area (Å²) in [6, 6.07) is 14.6. The molecule has 0 saturated heterocycles. The van der Waals surface area contributed by atoms with Crippen molar-refractivity contribution in [1.29, 1.82) is 0 Å². The second-order valence-electron chi connectivity index (χ2n) is 7.64. The van der Waals surface area contributed by atoms with Gasteiger partial charge in [0.2, 0.25) is 5.91 Å². The van der Waals surface area contributed by atoms with E-state index in [2.05, 4.69) is 5.32 Å². The van der Waals surface area contributed by atoms with Crippen LogP contribution in [0.2, 0.25) is 0 Å². The summed E-state index contributed by atoms with van der Waals surface area (Å²) in [5.41, 5.74) is 1.15. The number of fused-ring (bicyclic) bond motifs is 1. The van der Waals surface area contributed by atoms with Crippen LogP contribution in [-0.2, 0) is 11.3 Å². The van der Waals surface area contributed by atoms with Crippen molar-refractivity contribution in [3.8, 4) is 5.75 Å². The average molecular weight is 461 g/mol. The summed E-state index contributed by atoms with van der Waals surface area (Å²) in [7, 11) is 1.53. The number of anilines is 1. The summed E-state index contributed by atoms with van der Waals surface area (Å²) in [5.74, 6) is -0.661. The SMILES string of the molecule is CCN(CC(=O)Nc1cccc(OC)c1)C(=O)c1ccc2c(c1)C(=O)N(Cc1ccco1)C2=O. The number of carbonyl (C=O) groups excluding carboxylic acids is 4. The van der Waals surface area contributed by atoms with Gasteiger partial charge >= 0.3 is 0 Å². The van der Waals surface area contributed by atoms with Gasteiger partial charge in [0.15, 0.2) is 0 Å². The molecule has 174 valence electrons. The van der Waals surface area contributed by atoms with Gasteiger partial charge in [-0.1, -0.05) is 6.07 Å². The molecule has 2 aromatic carbocycles. The maximum atomic E-state index is 13.1. The van der Waals surface area contributed by atoms with Crippen molar-refractivity contribution in [2.75, 3.05) is 25.5 Å². The van der Waals surface area contributed by atoms with Crippen LogP contribution in [0.1, 0.15) is 43.8 Å². The first-order valence-electron chi connectivity index (χ1n) is 10.7. The van der Waals surface area contributed by atoms with Gasteiger partial charge in [-0.05, 0) is 49.4 Å². The summed E-state index contributed by atoms with van der Waals surface area (Å²) < 4.78 is 10.4. The molecule has 4 amide bonds. The van der Waals surface area contributed by atoms with Gasteiger partial charge in [-0.15, -0.1) is 0 Å². The molecule has 1 aliphatic rings. The van der Waals surface area contributed by atoms with E-state index in [0.717, 1.165) is 4.90 Å². The number of amides is 4. The number of benzene rings is 2. The monoisotopic (exact) mass is 461 g/mol. The fourth-order valence-electron chi connectivity index (χ4n) is 3.71. The van der Waals surface area contributed by atoms with Gasteiger partial charge < -0.3 is 19.4 Å². The highest BCUT2D eigenvalue weighted by Gasteiger charge is 2.36. The Hall–Kier alpha value is -4.40. The molecule has 4 rings (SSSR count). The van der Waals surface area contributed by atoms with Crippen LogP contribution in [0.3, 0.4) is 0 Å². The Balaban J connectivity index is 1.47. The lowest BCUT2D eigenvalue weighted by Gasteiger charge is -2.20. The number of hydrogen-bond donors (Lipinski definition) is 1. The minimum atomic E-state index is -0.495. The minimum Gasteiger partial charge on any atom is -0.497 e. The molecular formula is C25H23N3O6. The third-order valence-corrected chi connectivity index (χ3v) is 5.47. The molecule has 0 unspecified atom stereocenters. The third-order valence-electron chi connectivity index (χ3n) is 5.47. The molecule has 1 aromatic heterocycles. The fourth-order valence-corrected chi connectivity index (χ4v) is 3.71. The van der Waals surface area contributed by atoms with E-state index in [9.17, 15) is 19.2 Å². The Kier molecular flexibility index (Phi) is 6.44. The number of hydrogen-bond acceptors (Lipinski definition) is 6. The second-order valence-corrected chi connectivity index (χ2v) is 7.64. The summed E-state index contributed by atoms with van der Waals surface area (Å²) in [6.07, 6.45) is 1.47. The smallest absolute Gasteiger partial charge is 0.261 e. The summed E-state index contributed by atoms with van der Waals surface area (Å²) >= 11 is 0. The van der Waals surface area contributed by atoms with Gasteiger partial charge in [0.25, 0.3) is 17.7 Å². The lowest BCUT2D eigenvalue weighted by molar-refractivity contribution is -0.116. The number of nitrogens with zero attached hydrogens (tertiary/aromatic N) is 2. The highest BCUT2D eigenvalue weighted by atomic mass is 16.5. The predicted molar refractivity (Wildman–Crippen MR) is 123 cm³/mol. The molecule has 1 N–H and O–H groups in total. The Bertz CT molecular complexity index is 1250. The molecule has 3 aromatic rings. The van der Waals surface area contributed by atoms with Crippen LogP contribution in [0.25, 0.3) is 0 Å². The van der Waals surface area contributed by atoms with Crippen LogP contribution in [-0.4, -0.2) is 53.6 Å². The van der Waals surface area contributed by atoms with E-state index >= 15 is 0 Å². The van der Waals surface area contributed by atoms with Crippen LogP contribution in [0, 0.1) is 0 Å². The van der Waals surface area contributed by atoms with E-state index in [1.807, 2.05) is 0 Å². The predicted octanol–water partition coefficient (Wildman–Crippen LogP) is 3.19. The van der Waals surface area contributed by atoms with Crippen molar-refractivity contribution in [1.82, 2.24) is 9.80 Å². The van der Waals surface area contributed by atoms with E-state index in [0.29, 0.717) is 17.2 Å². The molecule has 0 fully saturated rings. The van der Waals surface area contributed by atoms with E-state index in [1.165, 1.54) is 36.5 Å². The van der Waals surface area contributed by atoms with Crippen molar-refractivity contribution >= 4 is 29.3 Å². The Morgan fingerprint density at radius 1 is 1.03 bits per heavy atom. The van der Waals surface area contributed by atoms with E-state index in [4.69, 9.17) is 9.15 Å². The van der Waals surface area contributed by atoms with Crippen LogP contribution in [0.4, 0.5) is 5.69 Å². The lowest BCUT2D eigenvalue weighted by Crippen LogP contribution is -2.38. The second kappa shape index (κ2) is 9.62. The zero-order valence-corrected chi connectivity index (χ0v) is 18.7. The Morgan fingerprint density at radius 3 is 2.53 bits per heavy atom. The maximum absolute atomic E-state index is 13.1. The van der Waals surface area contributed by atoms with Gasteiger partial charge in [0, 0.05) is 23.9 Å². The van der Waals surface area contributed by atoms with Crippen LogP contribution >= 0.6 is 0 Å². The zero-order chi connectivity index (χ0) is 24.2. The number of furan rings is 1. The fraction of sp³-hybridized carbons (Fsp3) is 0.200. The minimum absolute atomic E-state index is 0.00809. The molecule has 9 nitrogen and oxygen atoms in total. The first-order valence-corrected chi connectivity index (χ1v) is 10.7. The first-order chi connectivity index (χ1) is 16.4. The van der Waals surface area contributed by atoms with Gasteiger partial charge in [0.1, 0.15) is 18.1 Å². The number of likely N-dealkylation sites (N-methyl/N-ethyl adjacent to an activating group) is 1. The van der Waals surface area contributed by atoms with Gasteiger partial charge in [-0.2, -0.15) is 0 Å². The molecule has 0 spiro atoms. The number of carbonyl (C=O) groups is 4. The van der Waals surface area contributed by atoms with Crippen LogP contribution in [0.15, 0.2) is 65.3 Å². The van der Waals surface area contributed by atoms with Gasteiger partial charge in [-0.25, -0.2) is 0 Å². The molecular weight excluding hydrogens is 438 g/mol. The van der Waals surface area contributed by atoms with Crippen molar-refractivity contribution in [3.63, 3.8) is 0 Å². The maximum Gasteiger partial charge on any atom is 0.261 e. The summed E-state index contributed by atoms with van der Waals surface area (Å²) in [6.45, 7) is 1.86. The molecule has 0 saturated carbocycles. The topological polar surface area (TPSA) is 109 Å². The molecule has 2 heterocycles. The summed E-state index contributed by atoms with van der Waals surface area (Å²) in [5, 5.41) is 2.74. The molecule has 9 heteroatoms. The number of nitrogens with one attached hydrogen (secondary N) is 1. The highest BCUT2D eigenvalue weighted by molar-refractivity contribution is 6.22. The van der Waals surface area contributed by atoms with Crippen LogP contribution < -0.4 is 10.1 Å². The largest absolute Gasteiger partial charge is 0.497 e. The third kappa shape index (κ3) is 4.54. The van der Waals surface area contributed by atoms with Gasteiger partial charge in [0.05, 0.1) is 31.0 Å². The standard InChI is InChI=1S/C25H23N3O6/c1-3-27(15-22(29)26-17-6-4-7-18(13-17)33-2)23(30)16-9-10-20-21(12-16)25(32)28(24(20)31)14-19-8-5-11-34-19/h4-13H,3,14-15H2,1-2H3,(H,26,29). The summed E-state index contributed by atoms with van der Waals surface area (Å²) in [4.78, 5) is 53.6. The van der Waals surface area contributed by atoms with Crippen molar-refractivity contribution in [3.05, 3.63) is 83.3 Å². The van der Waals surface area contributed by atoms with Gasteiger partial charge in [-0.3, -0.25) is 24.1 Å². The number of rotatable bonds is 8. The molecule has 0 atom stereocenters. The Labute approximate surface area is 195 Å². The van der Waals surface area contributed by atoms with Crippen molar-refractivity contribution in [2.45, 2.75) is 13.5 Å². The highest BCUT2D eigenvalue weighted by Crippen LogP contribution is 2.26. The molecule has 0 aliphatic carbocycles. The average Bonchev–Trinajstić information content (AvgIpc) is 3.45. The molecule has 1 aliphatic heterocycles. The lowest BCUT2D eigenvalue weighted by atomic mass is 10.0. The first kappa shape index (κ1) is 22.8. The Morgan fingerprint density at radius 2 is 1.82 bits per heavy atom. The van der Waals surface area contributed by atoms with Crippen molar-refractivity contribution < 1.29 is 28.3 Å². The molecule has 0 radical (unpaired) electrons. The molecule has 34 heavy (non-hydrogen) atoms. The van der Waals surface area contributed by atoms with Crippen LogP contribution in [0.5, 0.6) is 5.75 Å². The van der Waals surface area contributed by atoms with E-state index in [-0.39, 0.29) is 42.2 Å². The number of ether oxygens (including phenoxy) is 1. The zero-order valence-electron chi connectivity index (χ0n) is 18.7. The van der Waals surface area contributed by atoms with E-state index in [1.54, 1.807) is 43.3 Å². The normalized spacial score (nSPS) is 12.5. The van der Waals surface area contributed by atoms with E-state index < -0.39 is 17.7 Å². The molecule has 0 bridgehead atoms. The number of methoxy groups -OCH3 is 1. The number of imide groups is 1. The van der Waals surface area contributed by atoms with Crippen molar-refractivity contribution in [2.24, 2.45) is 0 Å².